The molecule has 0 aliphatic carbocycles. The molecule has 1 atom stereocenters. The van der Waals surface area contributed by atoms with Crippen molar-refractivity contribution in [3.63, 3.8) is 0 Å². The Balaban J connectivity index is 2.28. The SMILES string of the molecule is NNC(Cc1cc(Cl)ccc1Cl)c1ccc(F)c(F)c1. The third kappa shape index (κ3) is 3.46. The van der Waals surface area contributed by atoms with Crippen molar-refractivity contribution in [2.24, 2.45) is 5.84 Å². The maximum atomic E-state index is 13.3. The van der Waals surface area contributed by atoms with Gasteiger partial charge < -0.3 is 0 Å². The fourth-order valence-electron chi connectivity index (χ4n) is 1.92. The fourth-order valence-corrected chi connectivity index (χ4v) is 2.31. The lowest BCUT2D eigenvalue weighted by Gasteiger charge is -2.17. The number of rotatable bonds is 4. The normalized spacial score (nSPS) is 12.4. The molecule has 0 aliphatic rings. The molecule has 0 fully saturated rings. The Morgan fingerprint density at radius 1 is 1.05 bits per heavy atom. The summed E-state index contributed by atoms with van der Waals surface area (Å²) in [7, 11) is 0. The zero-order valence-corrected chi connectivity index (χ0v) is 11.8. The van der Waals surface area contributed by atoms with E-state index in [-0.39, 0.29) is 0 Å². The van der Waals surface area contributed by atoms with E-state index in [9.17, 15) is 8.78 Å². The largest absolute Gasteiger partial charge is 0.271 e. The number of benzene rings is 2. The predicted octanol–water partition coefficient (Wildman–Crippen LogP) is 4.02. The highest BCUT2D eigenvalue weighted by molar-refractivity contribution is 6.33. The van der Waals surface area contributed by atoms with Crippen molar-refractivity contribution >= 4 is 23.2 Å². The highest BCUT2D eigenvalue weighted by Gasteiger charge is 2.15. The third-order valence-electron chi connectivity index (χ3n) is 2.98. The summed E-state index contributed by atoms with van der Waals surface area (Å²) in [4.78, 5) is 0. The lowest BCUT2D eigenvalue weighted by Crippen LogP contribution is -2.29. The van der Waals surface area contributed by atoms with E-state index in [4.69, 9.17) is 29.0 Å². The van der Waals surface area contributed by atoms with Crippen LogP contribution in [-0.4, -0.2) is 0 Å². The number of nitrogens with one attached hydrogen (secondary N) is 1. The van der Waals surface area contributed by atoms with Gasteiger partial charge in [-0.15, -0.1) is 0 Å². The zero-order chi connectivity index (χ0) is 14.7. The molecule has 0 heterocycles. The quantitative estimate of drug-likeness (QED) is 0.660. The second-order valence-electron chi connectivity index (χ2n) is 4.33. The molecule has 0 radical (unpaired) electrons. The monoisotopic (exact) mass is 316 g/mol. The number of halogens is 4. The van der Waals surface area contributed by atoms with Crippen molar-refractivity contribution in [2.75, 3.05) is 0 Å². The highest BCUT2D eigenvalue weighted by Crippen LogP contribution is 2.26. The Morgan fingerprint density at radius 3 is 2.45 bits per heavy atom. The molecule has 2 rings (SSSR count). The molecule has 0 aromatic heterocycles. The molecule has 2 aromatic rings. The lowest BCUT2D eigenvalue weighted by molar-refractivity contribution is 0.497. The Kier molecular flexibility index (Phi) is 4.94. The van der Waals surface area contributed by atoms with Crippen LogP contribution in [0.25, 0.3) is 0 Å². The molecule has 1 unspecified atom stereocenters. The number of nitrogens with two attached hydrogens (primary N) is 1. The van der Waals surface area contributed by atoms with Crippen LogP contribution < -0.4 is 11.3 Å². The molecule has 2 aromatic carbocycles. The molecular weight excluding hydrogens is 305 g/mol. The smallest absolute Gasteiger partial charge is 0.159 e. The van der Waals surface area contributed by atoms with Crippen molar-refractivity contribution in [1.82, 2.24) is 5.43 Å². The van der Waals surface area contributed by atoms with Gasteiger partial charge in [-0.05, 0) is 47.9 Å². The number of hydrazine groups is 1. The van der Waals surface area contributed by atoms with E-state index >= 15 is 0 Å². The maximum Gasteiger partial charge on any atom is 0.159 e. The van der Waals surface area contributed by atoms with Gasteiger partial charge in [-0.2, -0.15) is 0 Å². The van der Waals surface area contributed by atoms with Crippen molar-refractivity contribution < 1.29 is 8.78 Å². The van der Waals surface area contributed by atoms with Gasteiger partial charge in [0.1, 0.15) is 0 Å². The van der Waals surface area contributed by atoms with Gasteiger partial charge >= 0.3 is 0 Å². The van der Waals surface area contributed by atoms with E-state index in [1.54, 1.807) is 18.2 Å². The maximum absolute atomic E-state index is 13.3. The molecule has 0 saturated heterocycles. The van der Waals surface area contributed by atoms with Gasteiger partial charge in [-0.25, -0.2) is 8.78 Å². The summed E-state index contributed by atoms with van der Waals surface area (Å²) in [6, 6.07) is 8.32. The first-order chi connectivity index (χ1) is 9.51. The minimum atomic E-state index is -0.917. The molecule has 0 amide bonds. The van der Waals surface area contributed by atoms with E-state index in [0.29, 0.717) is 22.0 Å². The molecule has 0 bridgehead atoms. The second kappa shape index (κ2) is 6.50. The van der Waals surface area contributed by atoms with Gasteiger partial charge in [-0.1, -0.05) is 29.3 Å². The van der Waals surface area contributed by atoms with Crippen molar-refractivity contribution in [1.29, 1.82) is 0 Å². The molecule has 20 heavy (non-hydrogen) atoms. The van der Waals surface area contributed by atoms with Crippen molar-refractivity contribution in [3.05, 3.63) is 69.2 Å². The summed E-state index contributed by atoms with van der Waals surface area (Å²) in [5.74, 6) is 3.67. The Morgan fingerprint density at radius 2 is 1.80 bits per heavy atom. The van der Waals surface area contributed by atoms with Gasteiger partial charge in [0.05, 0.1) is 6.04 Å². The van der Waals surface area contributed by atoms with Crippen LogP contribution >= 0.6 is 23.2 Å². The average molecular weight is 317 g/mol. The van der Waals surface area contributed by atoms with E-state index < -0.39 is 17.7 Å². The topological polar surface area (TPSA) is 38.0 Å². The van der Waals surface area contributed by atoms with E-state index in [1.165, 1.54) is 6.07 Å². The van der Waals surface area contributed by atoms with Crippen LogP contribution in [-0.2, 0) is 6.42 Å². The molecule has 6 heteroatoms. The zero-order valence-electron chi connectivity index (χ0n) is 10.3. The summed E-state index contributed by atoms with van der Waals surface area (Å²) >= 11 is 12.0. The highest BCUT2D eigenvalue weighted by atomic mass is 35.5. The van der Waals surface area contributed by atoms with Crippen LogP contribution in [0.5, 0.6) is 0 Å². The molecule has 106 valence electrons. The van der Waals surface area contributed by atoms with Crippen LogP contribution in [0.15, 0.2) is 36.4 Å². The van der Waals surface area contributed by atoms with E-state index in [1.807, 2.05) is 0 Å². The minimum Gasteiger partial charge on any atom is -0.271 e. The summed E-state index contributed by atoms with van der Waals surface area (Å²) in [5, 5.41) is 1.09. The van der Waals surface area contributed by atoms with Gasteiger partial charge in [0.15, 0.2) is 11.6 Å². The second-order valence-corrected chi connectivity index (χ2v) is 5.18. The van der Waals surface area contributed by atoms with Crippen LogP contribution in [0.4, 0.5) is 8.78 Å². The summed E-state index contributed by atoms with van der Waals surface area (Å²) in [6.45, 7) is 0. The van der Waals surface area contributed by atoms with Gasteiger partial charge in [0, 0.05) is 10.0 Å². The standard InChI is InChI=1S/C14H12Cl2F2N2/c15-10-2-3-11(16)9(5-10)7-14(20-19)8-1-4-12(17)13(18)6-8/h1-6,14,20H,7,19H2. The minimum absolute atomic E-state index is 0.402. The molecule has 2 nitrogen and oxygen atoms in total. The molecule has 0 saturated carbocycles. The first-order valence-electron chi connectivity index (χ1n) is 5.86. The Labute approximate surface area is 125 Å². The van der Waals surface area contributed by atoms with Crippen LogP contribution in [0.3, 0.4) is 0 Å². The molecular formula is C14H12Cl2F2N2. The first kappa shape index (κ1) is 15.2. The molecule has 0 spiro atoms. The summed E-state index contributed by atoms with van der Waals surface area (Å²) in [6.07, 6.45) is 0.404. The predicted molar refractivity (Wildman–Crippen MR) is 76.6 cm³/mol. The van der Waals surface area contributed by atoms with Gasteiger partial charge in [-0.3, -0.25) is 11.3 Å². The molecule has 0 aliphatic heterocycles. The van der Waals surface area contributed by atoms with Crippen LogP contribution in [0.1, 0.15) is 17.2 Å². The first-order valence-corrected chi connectivity index (χ1v) is 6.62. The lowest BCUT2D eigenvalue weighted by atomic mass is 9.99. The van der Waals surface area contributed by atoms with E-state index in [0.717, 1.165) is 17.7 Å². The van der Waals surface area contributed by atoms with Gasteiger partial charge in [0.25, 0.3) is 0 Å². The summed E-state index contributed by atoms with van der Waals surface area (Å²) in [5.41, 5.74) is 3.87. The number of hydrogen-bond acceptors (Lipinski definition) is 2. The fraction of sp³-hybridized carbons (Fsp3) is 0.143. The Bertz CT molecular complexity index is 620. The molecule has 3 N–H and O–H groups in total. The number of hydrogen-bond donors (Lipinski definition) is 2. The summed E-state index contributed by atoms with van der Waals surface area (Å²) < 4.78 is 26.2. The van der Waals surface area contributed by atoms with Crippen molar-refractivity contribution in [2.45, 2.75) is 12.5 Å². The Hall–Kier alpha value is -1.20. The van der Waals surface area contributed by atoms with E-state index in [2.05, 4.69) is 5.43 Å². The average Bonchev–Trinajstić information content (AvgIpc) is 2.43. The van der Waals surface area contributed by atoms with Crippen LogP contribution in [0, 0.1) is 11.6 Å². The third-order valence-corrected chi connectivity index (χ3v) is 3.58. The van der Waals surface area contributed by atoms with Crippen molar-refractivity contribution in [3.8, 4) is 0 Å². The van der Waals surface area contributed by atoms with Crippen LogP contribution in [0.2, 0.25) is 10.0 Å². The van der Waals surface area contributed by atoms with Gasteiger partial charge in [0.2, 0.25) is 0 Å².